The lowest BCUT2D eigenvalue weighted by Gasteiger charge is -2.22. The summed E-state index contributed by atoms with van der Waals surface area (Å²) in [5.74, 6) is 0.673. The fourth-order valence-corrected chi connectivity index (χ4v) is 2.69. The molecule has 0 aliphatic carbocycles. The molecule has 0 saturated carbocycles. The van der Waals surface area contributed by atoms with Gasteiger partial charge in [0.25, 0.3) is 5.56 Å². The highest BCUT2D eigenvalue weighted by Gasteiger charge is 2.23. The van der Waals surface area contributed by atoms with E-state index in [0.717, 1.165) is 18.5 Å². The van der Waals surface area contributed by atoms with Gasteiger partial charge in [-0.15, -0.1) is 0 Å². The minimum atomic E-state index is -0.306. The van der Waals surface area contributed by atoms with Crippen LogP contribution >= 0.6 is 11.6 Å². The van der Waals surface area contributed by atoms with Crippen molar-refractivity contribution in [3.63, 3.8) is 0 Å². The lowest BCUT2D eigenvalue weighted by Crippen LogP contribution is -2.20. The van der Waals surface area contributed by atoms with Gasteiger partial charge in [-0.1, -0.05) is 11.6 Å². The highest BCUT2D eigenvalue weighted by atomic mass is 35.5. The third-order valence-corrected chi connectivity index (χ3v) is 3.93. The van der Waals surface area contributed by atoms with E-state index in [-0.39, 0.29) is 16.5 Å². The SMILES string of the molecule is Cn1nccc1-c1nc(C2CCOCC2)c(Cl)c(=O)[nH]1. The second-order valence-corrected chi connectivity index (χ2v) is 5.22. The van der Waals surface area contributed by atoms with Gasteiger partial charge in [0, 0.05) is 32.4 Å². The zero-order chi connectivity index (χ0) is 14.1. The molecule has 0 unspecified atom stereocenters. The van der Waals surface area contributed by atoms with Crippen LogP contribution in [0.5, 0.6) is 0 Å². The van der Waals surface area contributed by atoms with Crippen LogP contribution < -0.4 is 5.56 Å². The molecule has 0 aromatic carbocycles. The van der Waals surface area contributed by atoms with E-state index < -0.39 is 0 Å². The number of aromatic amines is 1. The quantitative estimate of drug-likeness (QED) is 0.915. The van der Waals surface area contributed by atoms with E-state index in [0.29, 0.717) is 24.7 Å². The van der Waals surface area contributed by atoms with Crippen molar-refractivity contribution in [1.82, 2.24) is 19.7 Å². The molecule has 1 saturated heterocycles. The Balaban J connectivity index is 2.08. The number of H-pyrrole nitrogens is 1. The molecule has 3 heterocycles. The molecule has 2 aromatic rings. The van der Waals surface area contributed by atoms with Crippen LogP contribution in [0.1, 0.15) is 24.5 Å². The standard InChI is InChI=1S/C13H15ClN4O2/c1-18-9(2-5-15-18)12-16-11(10(14)13(19)17-12)8-3-6-20-7-4-8/h2,5,8H,3-4,6-7H2,1H3,(H,16,17,19). The number of aryl methyl sites for hydroxylation is 1. The van der Waals surface area contributed by atoms with Crippen molar-refractivity contribution in [2.24, 2.45) is 7.05 Å². The van der Waals surface area contributed by atoms with E-state index in [1.165, 1.54) is 0 Å². The van der Waals surface area contributed by atoms with Gasteiger partial charge in [-0.3, -0.25) is 9.48 Å². The topological polar surface area (TPSA) is 72.8 Å². The number of aromatic nitrogens is 4. The van der Waals surface area contributed by atoms with Gasteiger partial charge in [-0.25, -0.2) is 4.98 Å². The molecule has 20 heavy (non-hydrogen) atoms. The summed E-state index contributed by atoms with van der Waals surface area (Å²) in [5.41, 5.74) is 1.11. The average molecular weight is 295 g/mol. The number of rotatable bonds is 2. The minimum Gasteiger partial charge on any atom is -0.381 e. The normalized spacial score (nSPS) is 16.5. The van der Waals surface area contributed by atoms with Gasteiger partial charge in [0.2, 0.25) is 0 Å². The first-order valence-corrected chi connectivity index (χ1v) is 6.90. The van der Waals surface area contributed by atoms with Crippen molar-refractivity contribution in [2.45, 2.75) is 18.8 Å². The third kappa shape index (κ3) is 2.36. The van der Waals surface area contributed by atoms with Crippen LogP contribution in [0.15, 0.2) is 17.1 Å². The monoisotopic (exact) mass is 294 g/mol. The van der Waals surface area contributed by atoms with Crippen LogP contribution in [0, 0.1) is 0 Å². The second-order valence-electron chi connectivity index (χ2n) is 4.84. The molecule has 6 nitrogen and oxygen atoms in total. The predicted molar refractivity (Wildman–Crippen MR) is 74.9 cm³/mol. The van der Waals surface area contributed by atoms with E-state index in [2.05, 4.69) is 15.1 Å². The Morgan fingerprint density at radius 2 is 2.20 bits per heavy atom. The maximum atomic E-state index is 12.0. The maximum absolute atomic E-state index is 12.0. The van der Waals surface area contributed by atoms with Crippen LogP contribution in [0.4, 0.5) is 0 Å². The van der Waals surface area contributed by atoms with Crippen molar-refractivity contribution in [3.05, 3.63) is 33.3 Å². The number of nitrogens with one attached hydrogen (secondary N) is 1. The fourth-order valence-electron chi connectivity index (χ4n) is 2.45. The highest BCUT2D eigenvalue weighted by Crippen LogP contribution is 2.29. The number of hydrogen-bond donors (Lipinski definition) is 1. The number of ether oxygens (including phenoxy) is 1. The largest absolute Gasteiger partial charge is 0.381 e. The van der Waals surface area contributed by atoms with Crippen LogP contribution in [0.3, 0.4) is 0 Å². The van der Waals surface area contributed by atoms with Gasteiger partial charge >= 0.3 is 0 Å². The summed E-state index contributed by atoms with van der Waals surface area (Å²) < 4.78 is 7.01. The number of halogens is 1. The Morgan fingerprint density at radius 1 is 1.45 bits per heavy atom. The summed E-state index contributed by atoms with van der Waals surface area (Å²) in [6.45, 7) is 1.35. The van der Waals surface area contributed by atoms with Crippen LogP contribution in [0.2, 0.25) is 5.02 Å². The predicted octanol–water partition coefficient (Wildman–Crippen LogP) is 1.72. The van der Waals surface area contributed by atoms with Crippen molar-refractivity contribution >= 4 is 11.6 Å². The lowest BCUT2D eigenvalue weighted by atomic mass is 9.96. The van der Waals surface area contributed by atoms with E-state index in [1.54, 1.807) is 24.0 Å². The summed E-state index contributed by atoms with van der Waals surface area (Å²) in [6.07, 6.45) is 3.33. The van der Waals surface area contributed by atoms with E-state index in [1.807, 2.05) is 0 Å². The molecule has 3 rings (SSSR count). The zero-order valence-corrected chi connectivity index (χ0v) is 11.9. The molecule has 1 aliphatic heterocycles. The van der Waals surface area contributed by atoms with Gasteiger partial charge in [0.05, 0.1) is 5.69 Å². The van der Waals surface area contributed by atoms with Gasteiger partial charge in [-0.2, -0.15) is 5.10 Å². The molecule has 0 spiro atoms. The van der Waals surface area contributed by atoms with Crippen molar-refractivity contribution in [3.8, 4) is 11.5 Å². The van der Waals surface area contributed by atoms with Crippen molar-refractivity contribution in [1.29, 1.82) is 0 Å². The summed E-state index contributed by atoms with van der Waals surface area (Å²) in [6, 6.07) is 1.81. The molecule has 1 aliphatic rings. The fraction of sp³-hybridized carbons (Fsp3) is 0.462. The summed E-state index contributed by atoms with van der Waals surface area (Å²) >= 11 is 6.13. The summed E-state index contributed by atoms with van der Waals surface area (Å²) in [7, 11) is 1.80. The minimum absolute atomic E-state index is 0.172. The first-order chi connectivity index (χ1) is 9.66. The second kappa shape index (κ2) is 5.38. The van der Waals surface area contributed by atoms with E-state index in [4.69, 9.17) is 16.3 Å². The van der Waals surface area contributed by atoms with Crippen LogP contribution in [-0.4, -0.2) is 33.0 Å². The van der Waals surface area contributed by atoms with E-state index in [9.17, 15) is 4.79 Å². The summed E-state index contributed by atoms with van der Waals surface area (Å²) in [4.78, 5) is 19.3. The van der Waals surface area contributed by atoms with Gasteiger partial charge in [0.1, 0.15) is 10.7 Å². The van der Waals surface area contributed by atoms with Gasteiger partial charge in [0.15, 0.2) is 5.82 Å². The molecule has 7 heteroatoms. The molecule has 0 bridgehead atoms. The smallest absolute Gasteiger partial charge is 0.270 e. The first-order valence-electron chi connectivity index (χ1n) is 6.52. The number of nitrogens with zero attached hydrogens (tertiary/aromatic N) is 3. The molecule has 106 valence electrons. The third-order valence-electron chi connectivity index (χ3n) is 3.56. The van der Waals surface area contributed by atoms with Crippen molar-refractivity contribution < 1.29 is 4.74 Å². The first kappa shape index (κ1) is 13.3. The molecule has 1 fully saturated rings. The van der Waals surface area contributed by atoms with Crippen molar-refractivity contribution in [2.75, 3.05) is 13.2 Å². The summed E-state index contributed by atoms with van der Waals surface area (Å²) in [5, 5.41) is 4.27. The molecular weight excluding hydrogens is 280 g/mol. The Morgan fingerprint density at radius 3 is 2.85 bits per heavy atom. The van der Waals surface area contributed by atoms with Crippen LogP contribution in [0.25, 0.3) is 11.5 Å². The molecule has 0 atom stereocenters. The Labute approximate surface area is 120 Å². The molecule has 0 amide bonds. The Bertz CT molecular complexity index is 673. The molecule has 1 N–H and O–H groups in total. The lowest BCUT2D eigenvalue weighted by molar-refractivity contribution is 0.0845. The Kier molecular flexibility index (Phi) is 3.58. The molecule has 0 radical (unpaired) electrons. The van der Waals surface area contributed by atoms with Gasteiger partial charge in [-0.05, 0) is 18.9 Å². The zero-order valence-electron chi connectivity index (χ0n) is 11.1. The Hall–Kier alpha value is -1.66. The molecule has 2 aromatic heterocycles. The molecular formula is C13H15ClN4O2. The highest BCUT2D eigenvalue weighted by molar-refractivity contribution is 6.31. The van der Waals surface area contributed by atoms with Gasteiger partial charge < -0.3 is 9.72 Å². The van der Waals surface area contributed by atoms with Crippen LogP contribution in [-0.2, 0) is 11.8 Å². The average Bonchev–Trinajstić information content (AvgIpc) is 2.89. The number of hydrogen-bond acceptors (Lipinski definition) is 4. The maximum Gasteiger partial charge on any atom is 0.270 e. The van der Waals surface area contributed by atoms with E-state index >= 15 is 0 Å².